The van der Waals surface area contributed by atoms with E-state index in [-0.39, 0.29) is 12.5 Å². The summed E-state index contributed by atoms with van der Waals surface area (Å²) >= 11 is 1.57. The van der Waals surface area contributed by atoms with E-state index in [0.717, 1.165) is 16.2 Å². The molecule has 4 heteroatoms. The van der Waals surface area contributed by atoms with Crippen LogP contribution < -0.4 is 0 Å². The van der Waals surface area contributed by atoms with Gasteiger partial charge in [0.15, 0.2) is 0 Å². The number of hydrogen-bond acceptors (Lipinski definition) is 4. The first-order valence-electron chi connectivity index (χ1n) is 5.54. The normalized spacial score (nSPS) is 14.1. The van der Waals surface area contributed by atoms with Gasteiger partial charge in [-0.05, 0) is 30.5 Å². The number of nitriles is 1. The Kier molecular flexibility index (Phi) is 5.49. The van der Waals surface area contributed by atoms with Crippen molar-refractivity contribution in [2.75, 3.05) is 12.4 Å². The van der Waals surface area contributed by atoms with E-state index < -0.39 is 6.10 Å². The minimum Gasteiger partial charge on any atom is -0.396 e. The fraction of sp³-hybridized carbons (Fsp3) is 0.462. The van der Waals surface area contributed by atoms with Gasteiger partial charge in [-0.15, -0.1) is 11.8 Å². The van der Waals surface area contributed by atoms with E-state index in [2.05, 4.69) is 6.07 Å². The Labute approximate surface area is 106 Å². The summed E-state index contributed by atoms with van der Waals surface area (Å²) < 4.78 is 0. The van der Waals surface area contributed by atoms with Gasteiger partial charge < -0.3 is 10.2 Å². The molecule has 0 amide bonds. The zero-order chi connectivity index (χ0) is 12.8. The Balaban J connectivity index is 2.90. The molecule has 0 fully saturated rings. The molecule has 0 aliphatic carbocycles. The molecule has 17 heavy (non-hydrogen) atoms. The van der Waals surface area contributed by atoms with Gasteiger partial charge in [0.05, 0.1) is 17.7 Å². The first-order chi connectivity index (χ1) is 8.08. The van der Waals surface area contributed by atoms with Crippen molar-refractivity contribution in [2.24, 2.45) is 5.92 Å². The summed E-state index contributed by atoms with van der Waals surface area (Å²) in [5.74, 6) is 0.970. The summed E-state index contributed by atoms with van der Waals surface area (Å²) in [4.78, 5) is 0.916. The highest BCUT2D eigenvalue weighted by Gasteiger charge is 2.11. The molecule has 3 nitrogen and oxygen atoms in total. The van der Waals surface area contributed by atoms with Crippen molar-refractivity contribution in [1.29, 1.82) is 5.26 Å². The summed E-state index contributed by atoms with van der Waals surface area (Å²) in [5, 5.41) is 27.5. The van der Waals surface area contributed by atoms with Crippen molar-refractivity contribution in [2.45, 2.75) is 24.8 Å². The fourth-order valence-corrected chi connectivity index (χ4v) is 2.54. The summed E-state index contributed by atoms with van der Waals surface area (Å²) in [6.07, 6.45) is -0.547. The van der Waals surface area contributed by atoms with Crippen LogP contribution in [0.3, 0.4) is 0 Å². The third-order valence-electron chi connectivity index (χ3n) is 2.43. The first-order valence-corrected chi connectivity index (χ1v) is 6.52. The molecule has 0 aromatic heterocycles. The van der Waals surface area contributed by atoms with Crippen LogP contribution in [0.5, 0.6) is 0 Å². The highest BCUT2D eigenvalue weighted by Crippen LogP contribution is 2.29. The van der Waals surface area contributed by atoms with Crippen LogP contribution in [-0.2, 0) is 0 Å². The molecule has 0 spiro atoms. The second kappa shape index (κ2) is 6.65. The second-order valence-corrected chi connectivity index (χ2v) is 5.20. The highest BCUT2D eigenvalue weighted by atomic mass is 32.2. The van der Waals surface area contributed by atoms with Crippen molar-refractivity contribution >= 4 is 11.8 Å². The molecule has 0 saturated heterocycles. The summed E-state index contributed by atoms with van der Waals surface area (Å²) in [6.45, 7) is 3.82. The Morgan fingerprint density at radius 3 is 2.65 bits per heavy atom. The number of benzene rings is 1. The maximum atomic E-state index is 9.64. The molecule has 2 N–H and O–H groups in total. The van der Waals surface area contributed by atoms with Gasteiger partial charge in [-0.1, -0.05) is 13.0 Å². The predicted molar refractivity (Wildman–Crippen MR) is 68.8 cm³/mol. The Morgan fingerprint density at radius 2 is 2.12 bits per heavy atom. The van der Waals surface area contributed by atoms with Gasteiger partial charge in [0.2, 0.25) is 0 Å². The molecule has 1 aromatic carbocycles. The average Bonchev–Trinajstić information content (AvgIpc) is 2.35. The van der Waals surface area contributed by atoms with Crippen molar-refractivity contribution in [3.8, 4) is 6.07 Å². The lowest BCUT2D eigenvalue weighted by molar-refractivity contribution is 0.196. The highest BCUT2D eigenvalue weighted by molar-refractivity contribution is 7.99. The summed E-state index contributed by atoms with van der Waals surface area (Å²) in [5.41, 5.74) is 1.42. The number of rotatable bonds is 5. The molecule has 1 rings (SSSR count). The van der Waals surface area contributed by atoms with E-state index in [0.29, 0.717) is 5.56 Å². The number of aliphatic hydroxyl groups is 2. The minimum atomic E-state index is -0.547. The van der Waals surface area contributed by atoms with Crippen molar-refractivity contribution < 1.29 is 10.2 Å². The van der Waals surface area contributed by atoms with Crippen LogP contribution in [0.1, 0.15) is 31.1 Å². The molecular weight excluding hydrogens is 234 g/mol. The molecule has 0 aliphatic heterocycles. The SMILES string of the molecule is CC(CO)CSc1cc(C#N)ccc1[C@@H](C)O. The lowest BCUT2D eigenvalue weighted by atomic mass is 10.1. The molecule has 92 valence electrons. The minimum absolute atomic E-state index is 0.148. The lowest BCUT2D eigenvalue weighted by Gasteiger charge is -2.13. The molecule has 1 unspecified atom stereocenters. The molecule has 0 heterocycles. The van der Waals surface area contributed by atoms with Crippen molar-refractivity contribution in [3.05, 3.63) is 29.3 Å². The van der Waals surface area contributed by atoms with Crippen molar-refractivity contribution in [3.63, 3.8) is 0 Å². The van der Waals surface area contributed by atoms with Crippen LogP contribution in [0.15, 0.2) is 23.1 Å². The van der Waals surface area contributed by atoms with Crippen LogP contribution in [-0.4, -0.2) is 22.6 Å². The third-order valence-corrected chi connectivity index (χ3v) is 3.83. The molecule has 0 aliphatic rings. The average molecular weight is 251 g/mol. The molecular formula is C13H17NO2S. The van der Waals surface area contributed by atoms with E-state index in [4.69, 9.17) is 10.4 Å². The molecule has 0 bridgehead atoms. The zero-order valence-corrected chi connectivity index (χ0v) is 10.9. The van der Waals surface area contributed by atoms with E-state index >= 15 is 0 Å². The molecule has 0 radical (unpaired) electrons. The topological polar surface area (TPSA) is 64.2 Å². The molecule has 2 atom stereocenters. The summed E-state index contributed by atoms with van der Waals surface area (Å²) in [6, 6.07) is 7.38. The van der Waals surface area contributed by atoms with E-state index in [1.54, 1.807) is 36.9 Å². The van der Waals surface area contributed by atoms with Crippen molar-refractivity contribution in [1.82, 2.24) is 0 Å². The maximum absolute atomic E-state index is 9.64. The van der Waals surface area contributed by atoms with Gasteiger partial charge >= 0.3 is 0 Å². The smallest absolute Gasteiger partial charge is 0.0992 e. The van der Waals surface area contributed by atoms with Gasteiger partial charge in [0.25, 0.3) is 0 Å². The standard InChI is InChI=1S/C13H17NO2S/c1-9(7-15)8-17-13-5-11(6-14)3-4-12(13)10(2)16/h3-5,9-10,15-16H,7-8H2,1-2H3/t9?,10-/m1/s1. The number of aliphatic hydroxyl groups excluding tert-OH is 2. The molecule has 1 aromatic rings. The van der Waals surface area contributed by atoms with E-state index in [1.807, 2.05) is 6.92 Å². The predicted octanol–water partition coefficient (Wildman–Crippen LogP) is 2.33. The Bertz CT molecular complexity index is 412. The van der Waals surface area contributed by atoms with Crippen LogP contribution in [0.4, 0.5) is 0 Å². The Hall–Kier alpha value is -1.02. The van der Waals surface area contributed by atoms with E-state index in [1.165, 1.54) is 0 Å². The summed E-state index contributed by atoms with van der Waals surface area (Å²) in [7, 11) is 0. The van der Waals surface area contributed by atoms with Crippen LogP contribution in [0.2, 0.25) is 0 Å². The van der Waals surface area contributed by atoms with E-state index in [9.17, 15) is 5.11 Å². The second-order valence-electron chi connectivity index (χ2n) is 4.14. The van der Waals surface area contributed by atoms with Crippen LogP contribution >= 0.6 is 11.8 Å². The van der Waals surface area contributed by atoms with Gasteiger partial charge in [-0.3, -0.25) is 0 Å². The quantitative estimate of drug-likeness (QED) is 0.788. The number of thioether (sulfide) groups is 1. The third kappa shape index (κ3) is 4.04. The van der Waals surface area contributed by atoms with Crippen LogP contribution in [0.25, 0.3) is 0 Å². The van der Waals surface area contributed by atoms with Gasteiger partial charge in [0, 0.05) is 17.3 Å². The number of nitrogens with zero attached hydrogens (tertiary/aromatic N) is 1. The van der Waals surface area contributed by atoms with Crippen LogP contribution in [0, 0.1) is 17.2 Å². The number of hydrogen-bond donors (Lipinski definition) is 2. The largest absolute Gasteiger partial charge is 0.396 e. The van der Waals surface area contributed by atoms with Gasteiger partial charge in [-0.2, -0.15) is 5.26 Å². The fourth-order valence-electron chi connectivity index (χ4n) is 1.36. The lowest BCUT2D eigenvalue weighted by Crippen LogP contribution is -2.04. The monoisotopic (exact) mass is 251 g/mol. The first kappa shape index (κ1) is 14.0. The zero-order valence-electron chi connectivity index (χ0n) is 10.1. The molecule has 0 saturated carbocycles. The Morgan fingerprint density at radius 1 is 1.41 bits per heavy atom. The van der Waals surface area contributed by atoms with Gasteiger partial charge in [0.1, 0.15) is 0 Å². The van der Waals surface area contributed by atoms with Gasteiger partial charge in [-0.25, -0.2) is 0 Å². The maximum Gasteiger partial charge on any atom is 0.0992 e.